The van der Waals surface area contributed by atoms with Gasteiger partial charge in [-0.2, -0.15) is 0 Å². The van der Waals surface area contributed by atoms with Gasteiger partial charge in [-0.1, -0.05) is 18.5 Å². The molecule has 0 aliphatic heterocycles. The van der Waals surface area contributed by atoms with E-state index in [9.17, 15) is 0 Å². The molecule has 0 N–H and O–H groups in total. The van der Waals surface area contributed by atoms with E-state index in [2.05, 4.69) is 11.9 Å². The van der Waals surface area contributed by atoms with Crippen LogP contribution in [0, 0.1) is 0 Å². The number of pyridine rings is 1. The first-order valence-electron chi connectivity index (χ1n) is 5.69. The van der Waals surface area contributed by atoms with E-state index < -0.39 is 0 Å². The Labute approximate surface area is 117 Å². The Kier molecular flexibility index (Phi) is 4.45. The largest absolute Gasteiger partial charge is 0.456 e. The lowest BCUT2D eigenvalue weighted by Crippen LogP contribution is -1.90. The summed E-state index contributed by atoms with van der Waals surface area (Å²) >= 11 is 11.8. The zero-order chi connectivity index (χ0) is 13.0. The second-order valence-corrected chi connectivity index (χ2v) is 4.55. The molecule has 94 valence electrons. The van der Waals surface area contributed by atoms with E-state index in [0.717, 1.165) is 28.3 Å². The number of alkyl halides is 1. The van der Waals surface area contributed by atoms with Crippen LogP contribution in [0.4, 0.5) is 0 Å². The van der Waals surface area contributed by atoms with Gasteiger partial charge in [0.25, 0.3) is 0 Å². The number of aromatic nitrogens is 1. The Bertz CT molecular complexity index is 543. The second-order valence-electron chi connectivity index (χ2n) is 3.87. The van der Waals surface area contributed by atoms with Gasteiger partial charge in [0.1, 0.15) is 11.5 Å². The van der Waals surface area contributed by atoms with Crippen molar-refractivity contribution >= 4 is 23.2 Å². The average Bonchev–Trinajstić information content (AvgIpc) is 2.41. The molecule has 0 saturated heterocycles. The van der Waals surface area contributed by atoms with Crippen molar-refractivity contribution in [3.05, 3.63) is 52.8 Å². The molecule has 2 nitrogen and oxygen atoms in total. The number of benzene rings is 1. The van der Waals surface area contributed by atoms with Gasteiger partial charge >= 0.3 is 0 Å². The Hall–Kier alpha value is -1.25. The van der Waals surface area contributed by atoms with Gasteiger partial charge < -0.3 is 4.74 Å². The van der Waals surface area contributed by atoms with Crippen molar-refractivity contribution in [1.29, 1.82) is 0 Å². The first kappa shape index (κ1) is 13.2. The molecule has 0 aliphatic carbocycles. The number of hydrogen-bond acceptors (Lipinski definition) is 2. The Morgan fingerprint density at radius 3 is 2.72 bits per heavy atom. The van der Waals surface area contributed by atoms with Gasteiger partial charge in [0.15, 0.2) is 0 Å². The zero-order valence-corrected chi connectivity index (χ0v) is 11.5. The molecular formula is C14H13Cl2NO. The number of halogens is 2. The van der Waals surface area contributed by atoms with Crippen LogP contribution in [-0.4, -0.2) is 4.98 Å². The quantitative estimate of drug-likeness (QED) is 0.749. The normalized spacial score (nSPS) is 10.4. The van der Waals surface area contributed by atoms with Crippen molar-refractivity contribution < 1.29 is 4.74 Å². The minimum Gasteiger partial charge on any atom is -0.456 e. The molecule has 18 heavy (non-hydrogen) atoms. The van der Waals surface area contributed by atoms with Crippen LogP contribution >= 0.6 is 23.2 Å². The highest BCUT2D eigenvalue weighted by Crippen LogP contribution is 2.26. The summed E-state index contributed by atoms with van der Waals surface area (Å²) in [7, 11) is 0. The standard InChI is InChI=1S/C14H13Cl2NO/c1-2-11-6-12(3-4-14(11)16)18-13-5-10(7-15)8-17-9-13/h3-6,8-9H,2,7H2,1H3. The van der Waals surface area contributed by atoms with Crippen molar-refractivity contribution in [2.24, 2.45) is 0 Å². The third kappa shape index (κ3) is 3.15. The lowest BCUT2D eigenvalue weighted by molar-refractivity contribution is 0.479. The number of nitrogens with zero attached hydrogens (tertiary/aromatic N) is 1. The van der Waals surface area contributed by atoms with Gasteiger partial charge in [-0.25, -0.2) is 0 Å². The van der Waals surface area contributed by atoms with E-state index in [1.54, 1.807) is 12.4 Å². The molecular weight excluding hydrogens is 269 g/mol. The Morgan fingerprint density at radius 2 is 2.00 bits per heavy atom. The smallest absolute Gasteiger partial charge is 0.146 e. The monoisotopic (exact) mass is 281 g/mol. The summed E-state index contributed by atoms with van der Waals surface area (Å²) in [6.07, 6.45) is 4.26. The van der Waals surface area contributed by atoms with Crippen LogP contribution in [0.15, 0.2) is 36.7 Å². The molecule has 0 saturated carbocycles. The summed E-state index contributed by atoms with van der Waals surface area (Å²) in [6.45, 7) is 2.06. The highest BCUT2D eigenvalue weighted by Gasteiger charge is 2.03. The van der Waals surface area contributed by atoms with E-state index in [-0.39, 0.29) is 0 Å². The third-order valence-electron chi connectivity index (χ3n) is 2.56. The van der Waals surface area contributed by atoms with E-state index >= 15 is 0 Å². The molecule has 1 heterocycles. The molecule has 1 aromatic heterocycles. The molecule has 0 amide bonds. The fourth-order valence-electron chi connectivity index (χ4n) is 1.61. The maximum atomic E-state index is 6.06. The molecule has 1 aromatic carbocycles. The average molecular weight is 282 g/mol. The minimum absolute atomic E-state index is 0.422. The van der Waals surface area contributed by atoms with Gasteiger partial charge in [0.2, 0.25) is 0 Å². The summed E-state index contributed by atoms with van der Waals surface area (Å²) < 4.78 is 5.74. The van der Waals surface area contributed by atoms with Crippen LogP contribution in [0.3, 0.4) is 0 Å². The van der Waals surface area contributed by atoms with Gasteiger partial charge in [-0.05, 0) is 41.8 Å². The molecule has 0 aliphatic rings. The zero-order valence-electron chi connectivity index (χ0n) is 9.99. The maximum absolute atomic E-state index is 6.06. The van der Waals surface area contributed by atoms with E-state index in [4.69, 9.17) is 27.9 Å². The molecule has 0 unspecified atom stereocenters. The molecule has 0 radical (unpaired) electrons. The predicted molar refractivity (Wildman–Crippen MR) is 74.7 cm³/mol. The van der Waals surface area contributed by atoms with Gasteiger partial charge in [-0.15, -0.1) is 11.6 Å². The molecule has 4 heteroatoms. The molecule has 2 aromatic rings. The SMILES string of the molecule is CCc1cc(Oc2cncc(CCl)c2)ccc1Cl. The van der Waals surface area contributed by atoms with E-state index in [0.29, 0.717) is 11.6 Å². The van der Waals surface area contributed by atoms with Crippen molar-refractivity contribution in [3.8, 4) is 11.5 Å². The van der Waals surface area contributed by atoms with Gasteiger partial charge in [0.05, 0.1) is 6.20 Å². The van der Waals surface area contributed by atoms with Crippen LogP contribution in [0.2, 0.25) is 5.02 Å². The van der Waals surface area contributed by atoms with Gasteiger partial charge in [-0.3, -0.25) is 4.98 Å². The molecule has 0 fully saturated rings. The fourth-order valence-corrected chi connectivity index (χ4v) is 2.01. The lowest BCUT2D eigenvalue weighted by Gasteiger charge is -2.08. The topological polar surface area (TPSA) is 22.1 Å². The molecule has 0 bridgehead atoms. The summed E-state index contributed by atoms with van der Waals surface area (Å²) in [6, 6.07) is 7.50. The van der Waals surface area contributed by atoms with Crippen LogP contribution in [0.1, 0.15) is 18.1 Å². The summed E-state index contributed by atoms with van der Waals surface area (Å²) in [5.74, 6) is 1.85. The van der Waals surface area contributed by atoms with E-state index in [1.165, 1.54) is 0 Å². The van der Waals surface area contributed by atoms with E-state index in [1.807, 2.05) is 24.3 Å². The Balaban J connectivity index is 2.22. The lowest BCUT2D eigenvalue weighted by atomic mass is 10.1. The van der Waals surface area contributed by atoms with Crippen LogP contribution < -0.4 is 4.74 Å². The fraction of sp³-hybridized carbons (Fsp3) is 0.214. The second kappa shape index (κ2) is 6.07. The minimum atomic E-state index is 0.422. The van der Waals surface area contributed by atoms with Crippen molar-refractivity contribution in [2.75, 3.05) is 0 Å². The molecule has 0 spiro atoms. The molecule has 2 rings (SSSR count). The molecule has 0 atom stereocenters. The van der Waals surface area contributed by atoms with Crippen molar-refractivity contribution in [1.82, 2.24) is 4.98 Å². The van der Waals surface area contributed by atoms with Gasteiger partial charge in [0, 0.05) is 17.1 Å². The van der Waals surface area contributed by atoms with Crippen LogP contribution in [-0.2, 0) is 12.3 Å². The Morgan fingerprint density at radius 1 is 1.17 bits per heavy atom. The third-order valence-corrected chi connectivity index (χ3v) is 3.24. The highest BCUT2D eigenvalue weighted by atomic mass is 35.5. The summed E-state index contributed by atoms with van der Waals surface area (Å²) in [5.41, 5.74) is 1.99. The van der Waals surface area contributed by atoms with Crippen LogP contribution in [0.5, 0.6) is 11.5 Å². The van der Waals surface area contributed by atoms with Crippen LogP contribution in [0.25, 0.3) is 0 Å². The first-order valence-corrected chi connectivity index (χ1v) is 6.60. The first-order chi connectivity index (χ1) is 8.72. The number of ether oxygens (including phenoxy) is 1. The number of aryl methyl sites for hydroxylation is 1. The number of hydrogen-bond donors (Lipinski definition) is 0. The number of rotatable bonds is 4. The predicted octanol–water partition coefficient (Wildman–Crippen LogP) is 4.83. The van der Waals surface area contributed by atoms with Crippen molar-refractivity contribution in [3.63, 3.8) is 0 Å². The summed E-state index contributed by atoms with van der Waals surface area (Å²) in [5, 5.41) is 0.762. The summed E-state index contributed by atoms with van der Waals surface area (Å²) in [4.78, 5) is 4.08. The van der Waals surface area contributed by atoms with Crippen molar-refractivity contribution in [2.45, 2.75) is 19.2 Å². The maximum Gasteiger partial charge on any atom is 0.146 e. The highest BCUT2D eigenvalue weighted by molar-refractivity contribution is 6.31.